The van der Waals surface area contributed by atoms with Crippen LogP contribution in [0.3, 0.4) is 0 Å². The first-order chi connectivity index (χ1) is 15.7. The number of amides is 2. The van der Waals surface area contributed by atoms with Crippen molar-refractivity contribution in [1.82, 2.24) is 15.0 Å². The topological polar surface area (TPSA) is 82.7 Å². The van der Waals surface area contributed by atoms with Crippen LogP contribution in [0.1, 0.15) is 26.6 Å². The third-order valence-electron chi connectivity index (χ3n) is 4.99. The molecule has 0 spiro atoms. The van der Waals surface area contributed by atoms with E-state index in [1.807, 2.05) is 32.9 Å². The van der Waals surface area contributed by atoms with Gasteiger partial charge in [-0.15, -0.1) is 0 Å². The number of H-pyrrole nitrogens is 1. The molecule has 2 aromatic heterocycles. The molecule has 2 heterocycles. The summed E-state index contributed by atoms with van der Waals surface area (Å²) in [6, 6.07) is 13.0. The molecule has 33 heavy (non-hydrogen) atoms. The molecule has 4 rings (SSSR count). The lowest BCUT2D eigenvalue weighted by Gasteiger charge is -2.14. The second-order valence-electron chi connectivity index (χ2n) is 8.55. The van der Waals surface area contributed by atoms with E-state index < -0.39 is 17.7 Å². The molecule has 4 aromatic rings. The Morgan fingerprint density at radius 1 is 0.939 bits per heavy atom. The van der Waals surface area contributed by atoms with Crippen LogP contribution in [0.4, 0.5) is 25.0 Å². The van der Waals surface area contributed by atoms with Gasteiger partial charge in [-0.2, -0.15) is 0 Å². The molecule has 0 aliphatic carbocycles. The molecule has 2 amide bonds. The molecule has 0 saturated heterocycles. The smallest absolute Gasteiger partial charge is 0.323 e. The molecule has 0 radical (unpaired) electrons. The molecule has 0 aliphatic heterocycles. The molecule has 0 saturated carbocycles. The largest absolute Gasteiger partial charge is 0.341 e. The quantitative estimate of drug-likeness (QED) is 0.340. The van der Waals surface area contributed by atoms with Crippen molar-refractivity contribution in [2.45, 2.75) is 26.2 Å². The number of hydrogen-bond acceptors (Lipinski definition) is 3. The van der Waals surface area contributed by atoms with Crippen LogP contribution >= 0.6 is 0 Å². The number of pyridine rings is 1. The maximum absolute atomic E-state index is 15.6. The van der Waals surface area contributed by atoms with Crippen molar-refractivity contribution in [3.63, 3.8) is 0 Å². The standard InChI is InChI=1S/C25H23F2N5O/c1-25(2,3)23-31-21(15-11-13-28-14-12-15)22(32-23)18-5-4-6-19(20(18)27)30-24(33)29-17-9-7-16(26)8-10-17/h4-14H,1-3H3,(H,31,32)(H2,29,30,33). The first kappa shape index (κ1) is 22.1. The lowest BCUT2D eigenvalue weighted by Crippen LogP contribution is -2.20. The number of carbonyl (C=O) groups is 1. The van der Waals surface area contributed by atoms with Crippen LogP contribution in [-0.4, -0.2) is 21.0 Å². The number of anilines is 2. The van der Waals surface area contributed by atoms with E-state index >= 15 is 4.39 Å². The fourth-order valence-corrected chi connectivity index (χ4v) is 3.28. The molecule has 6 nitrogen and oxygen atoms in total. The highest BCUT2D eigenvalue weighted by Gasteiger charge is 2.24. The van der Waals surface area contributed by atoms with E-state index in [4.69, 9.17) is 4.98 Å². The monoisotopic (exact) mass is 447 g/mol. The zero-order valence-corrected chi connectivity index (χ0v) is 18.4. The van der Waals surface area contributed by atoms with E-state index in [-0.39, 0.29) is 16.7 Å². The Hall–Kier alpha value is -4.07. The number of hydrogen-bond donors (Lipinski definition) is 3. The van der Waals surface area contributed by atoms with Gasteiger partial charge in [0.05, 0.1) is 17.1 Å². The summed E-state index contributed by atoms with van der Waals surface area (Å²) in [5, 5.41) is 5.07. The van der Waals surface area contributed by atoms with Gasteiger partial charge in [-0.3, -0.25) is 4.98 Å². The molecule has 168 valence electrons. The van der Waals surface area contributed by atoms with Gasteiger partial charge in [-0.25, -0.2) is 18.6 Å². The number of halogens is 2. The van der Waals surface area contributed by atoms with Gasteiger partial charge >= 0.3 is 6.03 Å². The third kappa shape index (κ3) is 4.90. The Balaban J connectivity index is 1.69. The van der Waals surface area contributed by atoms with Crippen LogP contribution in [0.25, 0.3) is 22.5 Å². The summed E-state index contributed by atoms with van der Waals surface area (Å²) in [6.45, 7) is 6.04. The summed E-state index contributed by atoms with van der Waals surface area (Å²) < 4.78 is 28.6. The van der Waals surface area contributed by atoms with E-state index in [1.54, 1.807) is 24.5 Å². The van der Waals surface area contributed by atoms with Gasteiger partial charge in [0.2, 0.25) is 0 Å². The Bertz CT molecular complexity index is 1280. The number of nitrogens with zero attached hydrogens (tertiary/aromatic N) is 2. The summed E-state index contributed by atoms with van der Waals surface area (Å²) in [7, 11) is 0. The molecule has 0 aliphatic rings. The predicted molar refractivity (Wildman–Crippen MR) is 125 cm³/mol. The second kappa shape index (κ2) is 8.82. The van der Waals surface area contributed by atoms with Crippen molar-refractivity contribution in [2.75, 3.05) is 10.6 Å². The molecule has 0 unspecified atom stereocenters. The molecule has 0 bridgehead atoms. The van der Waals surface area contributed by atoms with Gasteiger partial charge in [-0.1, -0.05) is 26.8 Å². The van der Waals surface area contributed by atoms with Crippen LogP contribution < -0.4 is 10.6 Å². The van der Waals surface area contributed by atoms with Crippen LogP contribution in [0, 0.1) is 11.6 Å². The minimum Gasteiger partial charge on any atom is -0.341 e. The summed E-state index contributed by atoms with van der Waals surface area (Å²) in [5.41, 5.74) is 2.24. The van der Waals surface area contributed by atoms with E-state index in [2.05, 4.69) is 20.6 Å². The van der Waals surface area contributed by atoms with Gasteiger partial charge in [-0.05, 0) is 48.5 Å². The number of aromatic nitrogens is 3. The number of benzene rings is 2. The Labute approximate surface area is 190 Å². The van der Waals surface area contributed by atoms with Crippen molar-refractivity contribution >= 4 is 17.4 Å². The number of aromatic amines is 1. The van der Waals surface area contributed by atoms with Crippen molar-refractivity contribution in [3.8, 4) is 22.5 Å². The van der Waals surface area contributed by atoms with Crippen molar-refractivity contribution in [3.05, 3.63) is 84.4 Å². The lowest BCUT2D eigenvalue weighted by molar-refractivity contribution is 0.262. The summed E-state index contributed by atoms with van der Waals surface area (Å²) in [5.74, 6) is -0.330. The summed E-state index contributed by atoms with van der Waals surface area (Å²) >= 11 is 0. The van der Waals surface area contributed by atoms with Gasteiger partial charge < -0.3 is 15.6 Å². The average Bonchev–Trinajstić information content (AvgIpc) is 3.23. The fourth-order valence-electron chi connectivity index (χ4n) is 3.28. The highest BCUT2D eigenvalue weighted by molar-refractivity contribution is 6.00. The third-order valence-corrected chi connectivity index (χ3v) is 4.99. The minimum atomic E-state index is -0.649. The molecule has 2 aromatic carbocycles. The summed E-state index contributed by atoms with van der Waals surface area (Å²) in [4.78, 5) is 24.5. The van der Waals surface area contributed by atoms with Gasteiger partial charge in [0, 0.05) is 34.6 Å². The van der Waals surface area contributed by atoms with Crippen LogP contribution in [0.5, 0.6) is 0 Å². The second-order valence-corrected chi connectivity index (χ2v) is 8.55. The fraction of sp³-hybridized carbons (Fsp3) is 0.160. The molecular weight excluding hydrogens is 424 g/mol. The first-order valence-electron chi connectivity index (χ1n) is 10.4. The van der Waals surface area contributed by atoms with Gasteiger partial charge in [0.25, 0.3) is 0 Å². The number of nitrogens with one attached hydrogen (secondary N) is 3. The summed E-state index contributed by atoms with van der Waals surface area (Å²) in [6.07, 6.45) is 3.32. The molecule has 0 atom stereocenters. The van der Waals surface area contributed by atoms with E-state index in [0.29, 0.717) is 22.9 Å². The maximum Gasteiger partial charge on any atom is 0.323 e. The van der Waals surface area contributed by atoms with Crippen LogP contribution in [-0.2, 0) is 5.41 Å². The maximum atomic E-state index is 15.6. The Kier molecular flexibility index (Phi) is 5.91. The highest BCUT2D eigenvalue weighted by atomic mass is 19.1. The minimum absolute atomic E-state index is 0.00639. The van der Waals surface area contributed by atoms with Gasteiger partial charge in [0.1, 0.15) is 11.6 Å². The number of carbonyl (C=O) groups excluding carboxylic acids is 1. The van der Waals surface area contributed by atoms with Crippen molar-refractivity contribution in [1.29, 1.82) is 0 Å². The Morgan fingerprint density at radius 3 is 2.30 bits per heavy atom. The number of urea groups is 1. The predicted octanol–water partition coefficient (Wildman–Crippen LogP) is 6.36. The average molecular weight is 447 g/mol. The lowest BCUT2D eigenvalue weighted by atomic mass is 9.96. The molecular formula is C25H23F2N5O. The molecule has 0 fully saturated rings. The zero-order valence-electron chi connectivity index (χ0n) is 18.4. The number of imidazole rings is 1. The zero-order chi connectivity index (χ0) is 23.6. The van der Waals surface area contributed by atoms with Crippen LogP contribution in [0.15, 0.2) is 67.0 Å². The van der Waals surface area contributed by atoms with Gasteiger partial charge in [0.15, 0.2) is 5.82 Å². The normalized spacial score (nSPS) is 11.3. The highest BCUT2D eigenvalue weighted by Crippen LogP contribution is 2.36. The first-order valence-corrected chi connectivity index (χ1v) is 10.4. The SMILES string of the molecule is CC(C)(C)c1nc(-c2cccc(NC(=O)Nc3ccc(F)cc3)c2F)c(-c2ccncc2)[nH]1. The van der Waals surface area contributed by atoms with E-state index in [0.717, 1.165) is 5.56 Å². The van der Waals surface area contributed by atoms with E-state index in [1.165, 1.54) is 30.3 Å². The van der Waals surface area contributed by atoms with Crippen molar-refractivity contribution in [2.24, 2.45) is 0 Å². The molecule has 3 N–H and O–H groups in total. The van der Waals surface area contributed by atoms with Crippen molar-refractivity contribution < 1.29 is 13.6 Å². The molecule has 8 heteroatoms. The van der Waals surface area contributed by atoms with Crippen LogP contribution in [0.2, 0.25) is 0 Å². The Morgan fingerprint density at radius 2 is 1.64 bits per heavy atom. The van der Waals surface area contributed by atoms with E-state index in [9.17, 15) is 9.18 Å². The number of rotatable bonds is 4.